The number of hydrogen-bond donors (Lipinski definition) is 3. The summed E-state index contributed by atoms with van der Waals surface area (Å²) in [5.41, 5.74) is 15.3. The zero-order valence-corrected chi connectivity index (χ0v) is 22.3. The summed E-state index contributed by atoms with van der Waals surface area (Å²) in [6, 6.07) is 26.3. The van der Waals surface area contributed by atoms with Crippen molar-refractivity contribution in [3.05, 3.63) is 113 Å². The number of rotatable bonds is 11. The van der Waals surface area contributed by atoms with Crippen LogP contribution in [0.1, 0.15) is 47.6 Å². The van der Waals surface area contributed by atoms with E-state index in [0.717, 1.165) is 45.0 Å². The SMILES string of the molecule is COc1cccc(Cn2c(Cc3ccccc3)nnc2C(Cc2c[nH]c3ccccc23)C[C@@](C)(N)C(N)=O)c1. The van der Waals surface area contributed by atoms with Crippen molar-refractivity contribution in [2.24, 2.45) is 11.5 Å². The van der Waals surface area contributed by atoms with Crippen LogP contribution in [0, 0.1) is 0 Å². The van der Waals surface area contributed by atoms with Crippen molar-refractivity contribution in [3.63, 3.8) is 0 Å². The summed E-state index contributed by atoms with van der Waals surface area (Å²) in [5, 5.41) is 10.5. The highest BCUT2D eigenvalue weighted by Crippen LogP contribution is 2.32. The summed E-state index contributed by atoms with van der Waals surface area (Å²) in [6.45, 7) is 2.23. The number of fused-ring (bicyclic) bond motifs is 1. The number of aromatic amines is 1. The monoisotopic (exact) mass is 522 g/mol. The summed E-state index contributed by atoms with van der Waals surface area (Å²) >= 11 is 0. The molecule has 3 aromatic carbocycles. The minimum atomic E-state index is -1.22. The molecule has 8 nitrogen and oxygen atoms in total. The molecule has 0 saturated carbocycles. The lowest BCUT2D eigenvalue weighted by atomic mass is 9.84. The van der Waals surface area contributed by atoms with E-state index >= 15 is 0 Å². The molecule has 0 fully saturated rings. The van der Waals surface area contributed by atoms with Crippen LogP contribution in [-0.4, -0.2) is 38.3 Å². The molecule has 0 saturated heterocycles. The first-order valence-corrected chi connectivity index (χ1v) is 13.1. The van der Waals surface area contributed by atoms with Gasteiger partial charge in [-0.05, 0) is 54.7 Å². The highest BCUT2D eigenvalue weighted by Gasteiger charge is 2.34. The quantitative estimate of drug-likeness (QED) is 0.238. The lowest BCUT2D eigenvalue weighted by molar-refractivity contribution is -0.122. The van der Waals surface area contributed by atoms with Crippen LogP contribution >= 0.6 is 0 Å². The second kappa shape index (κ2) is 11.1. The number of carbonyl (C=O) groups is 1. The second-order valence-corrected chi connectivity index (χ2v) is 10.3. The minimum absolute atomic E-state index is 0.214. The lowest BCUT2D eigenvalue weighted by Crippen LogP contribution is -2.50. The third kappa shape index (κ3) is 5.86. The van der Waals surface area contributed by atoms with Gasteiger partial charge in [0.05, 0.1) is 19.2 Å². The number of para-hydroxylation sites is 1. The van der Waals surface area contributed by atoms with Crippen molar-refractivity contribution in [1.29, 1.82) is 0 Å². The molecular formula is C31H34N6O2. The highest BCUT2D eigenvalue weighted by molar-refractivity contribution is 5.84. The standard InChI is InChI=1S/C31H34N6O2/c1-31(33,30(32)38)18-23(17-24-19-34-27-14-7-6-13-26(24)27)29-36-35-28(16-21-9-4-3-5-10-21)37(29)20-22-11-8-12-25(15-22)39-2/h3-15,19,23,34H,16-18,20,33H2,1-2H3,(H2,32,38)/t23?,31-/m1/s1. The van der Waals surface area contributed by atoms with Crippen LogP contribution in [-0.2, 0) is 24.2 Å². The predicted octanol–water partition coefficient (Wildman–Crippen LogP) is 4.33. The maximum absolute atomic E-state index is 12.3. The molecule has 2 atom stereocenters. The minimum Gasteiger partial charge on any atom is -0.497 e. The van der Waals surface area contributed by atoms with E-state index in [9.17, 15) is 4.79 Å². The van der Waals surface area contributed by atoms with Crippen LogP contribution in [0.15, 0.2) is 85.1 Å². The van der Waals surface area contributed by atoms with Crippen molar-refractivity contribution in [2.75, 3.05) is 7.11 Å². The molecule has 200 valence electrons. The number of primary amides is 1. The Balaban J connectivity index is 1.59. The maximum Gasteiger partial charge on any atom is 0.237 e. The Hall–Kier alpha value is -4.43. The van der Waals surface area contributed by atoms with Crippen LogP contribution in [0.25, 0.3) is 10.9 Å². The molecule has 39 heavy (non-hydrogen) atoms. The van der Waals surface area contributed by atoms with Gasteiger partial charge < -0.3 is 25.8 Å². The molecule has 1 amide bonds. The van der Waals surface area contributed by atoms with Crippen molar-refractivity contribution in [1.82, 2.24) is 19.7 Å². The van der Waals surface area contributed by atoms with Gasteiger partial charge >= 0.3 is 0 Å². The first-order valence-electron chi connectivity index (χ1n) is 13.1. The van der Waals surface area contributed by atoms with Gasteiger partial charge in [-0.2, -0.15) is 0 Å². The van der Waals surface area contributed by atoms with Gasteiger partial charge in [0.25, 0.3) is 0 Å². The van der Waals surface area contributed by atoms with Crippen molar-refractivity contribution < 1.29 is 9.53 Å². The molecule has 5 rings (SSSR count). The number of methoxy groups -OCH3 is 1. The lowest BCUT2D eigenvalue weighted by Gasteiger charge is -2.27. The first kappa shape index (κ1) is 26.2. The van der Waals surface area contributed by atoms with Gasteiger partial charge in [0.1, 0.15) is 17.4 Å². The first-order chi connectivity index (χ1) is 18.8. The van der Waals surface area contributed by atoms with Gasteiger partial charge in [0.2, 0.25) is 5.91 Å². The Morgan fingerprint density at radius 2 is 1.77 bits per heavy atom. The van der Waals surface area contributed by atoms with Crippen LogP contribution < -0.4 is 16.2 Å². The second-order valence-electron chi connectivity index (χ2n) is 10.3. The number of H-pyrrole nitrogens is 1. The van der Waals surface area contributed by atoms with Gasteiger partial charge in [-0.3, -0.25) is 4.79 Å². The Morgan fingerprint density at radius 3 is 2.54 bits per heavy atom. The zero-order valence-electron chi connectivity index (χ0n) is 22.3. The van der Waals surface area contributed by atoms with Gasteiger partial charge in [-0.1, -0.05) is 60.7 Å². The molecule has 2 aromatic heterocycles. The summed E-state index contributed by atoms with van der Waals surface area (Å²) in [7, 11) is 1.66. The van der Waals surface area contributed by atoms with Crippen LogP contribution in [0.4, 0.5) is 0 Å². The number of ether oxygens (including phenoxy) is 1. The van der Waals surface area contributed by atoms with Gasteiger partial charge in [0, 0.05) is 29.4 Å². The van der Waals surface area contributed by atoms with E-state index in [0.29, 0.717) is 25.8 Å². The molecule has 1 unspecified atom stereocenters. The Labute approximate surface area is 228 Å². The van der Waals surface area contributed by atoms with Crippen LogP contribution in [0.3, 0.4) is 0 Å². The molecule has 0 bridgehead atoms. The largest absolute Gasteiger partial charge is 0.497 e. The van der Waals surface area contributed by atoms with E-state index < -0.39 is 11.4 Å². The normalized spacial score (nSPS) is 13.7. The summed E-state index contributed by atoms with van der Waals surface area (Å²) in [5.74, 6) is 1.63. The fourth-order valence-corrected chi connectivity index (χ4v) is 5.12. The van der Waals surface area contributed by atoms with E-state index in [1.165, 1.54) is 0 Å². The van der Waals surface area contributed by atoms with Crippen LogP contribution in [0.5, 0.6) is 5.75 Å². The number of aromatic nitrogens is 4. The number of amides is 1. The topological polar surface area (TPSA) is 125 Å². The van der Waals surface area contributed by atoms with Crippen molar-refractivity contribution in [2.45, 2.75) is 44.2 Å². The van der Waals surface area contributed by atoms with E-state index in [-0.39, 0.29) is 5.92 Å². The van der Waals surface area contributed by atoms with Gasteiger partial charge in [0.15, 0.2) is 0 Å². The number of hydrogen-bond acceptors (Lipinski definition) is 5. The molecule has 5 aromatic rings. The van der Waals surface area contributed by atoms with Crippen molar-refractivity contribution >= 4 is 16.8 Å². The number of nitrogens with zero attached hydrogens (tertiary/aromatic N) is 3. The van der Waals surface area contributed by atoms with E-state index in [4.69, 9.17) is 21.3 Å². The molecule has 0 aliphatic carbocycles. The average Bonchev–Trinajstić information content (AvgIpc) is 3.53. The third-order valence-corrected chi connectivity index (χ3v) is 7.28. The highest BCUT2D eigenvalue weighted by atomic mass is 16.5. The van der Waals surface area contributed by atoms with Gasteiger partial charge in [-0.25, -0.2) is 0 Å². The van der Waals surface area contributed by atoms with Crippen LogP contribution in [0.2, 0.25) is 0 Å². The fourth-order valence-electron chi connectivity index (χ4n) is 5.12. The molecular weight excluding hydrogens is 488 g/mol. The molecule has 0 aliphatic rings. The Kier molecular flexibility index (Phi) is 7.47. The number of benzene rings is 3. The Morgan fingerprint density at radius 1 is 1.03 bits per heavy atom. The third-order valence-electron chi connectivity index (χ3n) is 7.28. The fraction of sp³-hybridized carbons (Fsp3) is 0.258. The average molecular weight is 523 g/mol. The molecule has 0 aliphatic heterocycles. The molecule has 0 spiro atoms. The van der Waals surface area contributed by atoms with E-state index in [1.54, 1.807) is 14.0 Å². The summed E-state index contributed by atoms with van der Waals surface area (Å²) in [6.07, 6.45) is 3.58. The number of carbonyl (C=O) groups excluding carboxylic acids is 1. The molecule has 5 N–H and O–H groups in total. The molecule has 0 radical (unpaired) electrons. The number of nitrogens with one attached hydrogen (secondary N) is 1. The summed E-state index contributed by atoms with van der Waals surface area (Å²) in [4.78, 5) is 15.7. The zero-order chi connectivity index (χ0) is 27.4. The van der Waals surface area contributed by atoms with Crippen molar-refractivity contribution in [3.8, 4) is 5.75 Å². The van der Waals surface area contributed by atoms with E-state index in [2.05, 4.69) is 38.9 Å². The predicted molar refractivity (Wildman–Crippen MR) is 153 cm³/mol. The van der Waals surface area contributed by atoms with Gasteiger partial charge in [-0.15, -0.1) is 10.2 Å². The number of nitrogens with two attached hydrogens (primary N) is 2. The van der Waals surface area contributed by atoms with E-state index in [1.807, 2.05) is 60.8 Å². The maximum atomic E-state index is 12.3. The Bertz CT molecular complexity index is 1570. The molecule has 2 heterocycles. The molecule has 8 heteroatoms. The summed E-state index contributed by atoms with van der Waals surface area (Å²) < 4.78 is 7.62. The smallest absolute Gasteiger partial charge is 0.237 e.